The van der Waals surface area contributed by atoms with Gasteiger partial charge < -0.3 is 24.3 Å². The Morgan fingerprint density at radius 1 is 1.11 bits per heavy atom. The quantitative estimate of drug-likeness (QED) is 0.754. The van der Waals surface area contributed by atoms with Crippen molar-refractivity contribution < 1.29 is 28.5 Å². The van der Waals surface area contributed by atoms with E-state index in [1.165, 1.54) is 0 Å². The third-order valence-corrected chi connectivity index (χ3v) is 4.01. The standard InChI is InChI=1S/C20H21NO6/c1-3-24-16-7-4-14(5-8-16)20(23)25-11-19(22)21-13(2)15-6-9-17-18(10-15)27-12-26-17/h4-10,13H,3,11-12H2,1-2H3,(H,21,22)/t13-/m0/s1. The van der Waals surface area contributed by atoms with Crippen molar-refractivity contribution >= 4 is 11.9 Å². The number of hydrogen-bond donors (Lipinski definition) is 1. The number of fused-ring (bicyclic) bond motifs is 1. The van der Waals surface area contributed by atoms with Crippen molar-refractivity contribution in [1.82, 2.24) is 5.32 Å². The van der Waals surface area contributed by atoms with Crippen LogP contribution in [0.1, 0.15) is 35.8 Å². The van der Waals surface area contributed by atoms with Crippen LogP contribution >= 0.6 is 0 Å². The number of amides is 1. The van der Waals surface area contributed by atoms with Crippen molar-refractivity contribution in [3.05, 3.63) is 53.6 Å². The highest BCUT2D eigenvalue weighted by atomic mass is 16.7. The number of ether oxygens (including phenoxy) is 4. The maximum Gasteiger partial charge on any atom is 0.338 e. The maximum atomic E-state index is 12.1. The molecule has 0 aromatic heterocycles. The van der Waals surface area contributed by atoms with Gasteiger partial charge in [-0.05, 0) is 55.8 Å². The van der Waals surface area contributed by atoms with Gasteiger partial charge in [-0.3, -0.25) is 4.79 Å². The van der Waals surface area contributed by atoms with Crippen LogP contribution in [-0.2, 0) is 9.53 Å². The highest BCUT2D eigenvalue weighted by molar-refractivity contribution is 5.91. The Bertz CT molecular complexity index is 818. The van der Waals surface area contributed by atoms with Gasteiger partial charge in [0.05, 0.1) is 18.2 Å². The van der Waals surface area contributed by atoms with E-state index in [2.05, 4.69) is 5.32 Å². The SMILES string of the molecule is CCOc1ccc(C(=O)OCC(=O)N[C@@H](C)c2ccc3c(c2)OCO3)cc1. The van der Waals surface area contributed by atoms with E-state index in [9.17, 15) is 9.59 Å². The lowest BCUT2D eigenvalue weighted by Gasteiger charge is -2.15. The Kier molecular flexibility index (Phi) is 5.80. The van der Waals surface area contributed by atoms with E-state index in [1.807, 2.05) is 26.0 Å². The molecule has 0 radical (unpaired) electrons. The molecule has 3 rings (SSSR count). The third-order valence-electron chi connectivity index (χ3n) is 4.01. The van der Waals surface area contributed by atoms with Crippen molar-refractivity contribution in [3.63, 3.8) is 0 Å². The number of carbonyl (C=O) groups excluding carboxylic acids is 2. The molecule has 1 aliphatic heterocycles. The molecule has 0 fully saturated rings. The summed E-state index contributed by atoms with van der Waals surface area (Å²) < 4.78 is 21.0. The minimum Gasteiger partial charge on any atom is -0.494 e. The summed E-state index contributed by atoms with van der Waals surface area (Å²) in [5.74, 6) is 1.05. The Hall–Kier alpha value is -3.22. The lowest BCUT2D eigenvalue weighted by Crippen LogP contribution is -2.31. The van der Waals surface area contributed by atoms with E-state index in [1.54, 1.807) is 30.3 Å². The minimum atomic E-state index is -0.566. The van der Waals surface area contributed by atoms with E-state index < -0.39 is 5.97 Å². The van der Waals surface area contributed by atoms with Gasteiger partial charge in [-0.2, -0.15) is 0 Å². The van der Waals surface area contributed by atoms with Gasteiger partial charge in [-0.25, -0.2) is 4.79 Å². The summed E-state index contributed by atoms with van der Waals surface area (Å²) in [5.41, 5.74) is 1.22. The van der Waals surface area contributed by atoms with Gasteiger partial charge >= 0.3 is 5.97 Å². The molecule has 1 heterocycles. The summed E-state index contributed by atoms with van der Waals surface area (Å²) >= 11 is 0. The molecule has 0 aliphatic carbocycles. The zero-order valence-corrected chi connectivity index (χ0v) is 15.2. The van der Waals surface area contributed by atoms with Crippen LogP contribution in [0, 0.1) is 0 Å². The van der Waals surface area contributed by atoms with Crippen LogP contribution < -0.4 is 19.5 Å². The number of hydrogen-bond acceptors (Lipinski definition) is 6. The predicted molar refractivity (Wildman–Crippen MR) is 97.0 cm³/mol. The van der Waals surface area contributed by atoms with Crippen LogP contribution in [0.4, 0.5) is 0 Å². The second-order valence-electron chi connectivity index (χ2n) is 5.94. The van der Waals surface area contributed by atoms with Crippen molar-refractivity contribution in [2.45, 2.75) is 19.9 Å². The first kappa shape index (κ1) is 18.6. The van der Waals surface area contributed by atoms with Crippen LogP contribution in [0.5, 0.6) is 17.2 Å². The Balaban J connectivity index is 1.49. The van der Waals surface area contributed by atoms with E-state index in [0.717, 1.165) is 5.56 Å². The first-order chi connectivity index (χ1) is 13.1. The minimum absolute atomic E-state index is 0.195. The molecule has 0 saturated carbocycles. The van der Waals surface area contributed by atoms with Gasteiger partial charge in [-0.1, -0.05) is 6.07 Å². The highest BCUT2D eigenvalue weighted by Crippen LogP contribution is 2.34. The fourth-order valence-corrected chi connectivity index (χ4v) is 2.62. The topological polar surface area (TPSA) is 83.1 Å². The molecule has 2 aromatic rings. The summed E-state index contributed by atoms with van der Waals surface area (Å²) in [7, 11) is 0. The molecule has 1 N–H and O–H groups in total. The number of esters is 1. The zero-order valence-electron chi connectivity index (χ0n) is 15.2. The molecule has 7 heteroatoms. The van der Waals surface area contributed by atoms with Crippen molar-refractivity contribution in [2.75, 3.05) is 20.0 Å². The number of rotatable bonds is 7. The molecule has 2 aromatic carbocycles. The van der Waals surface area contributed by atoms with Gasteiger partial charge in [0.1, 0.15) is 5.75 Å². The second kappa shape index (κ2) is 8.44. The number of carbonyl (C=O) groups is 2. The largest absolute Gasteiger partial charge is 0.494 e. The maximum absolute atomic E-state index is 12.1. The first-order valence-corrected chi connectivity index (χ1v) is 8.65. The van der Waals surface area contributed by atoms with Gasteiger partial charge in [0.15, 0.2) is 18.1 Å². The molecule has 0 bridgehead atoms. The molecule has 1 atom stereocenters. The third kappa shape index (κ3) is 4.69. The summed E-state index contributed by atoms with van der Waals surface area (Å²) in [4.78, 5) is 24.1. The van der Waals surface area contributed by atoms with Crippen LogP contribution in [-0.4, -0.2) is 31.9 Å². The summed E-state index contributed by atoms with van der Waals surface area (Å²) in [6.07, 6.45) is 0. The number of nitrogens with one attached hydrogen (secondary N) is 1. The van der Waals surface area contributed by atoms with Gasteiger partial charge in [-0.15, -0.1) is 0 Å². The lowest BCUT2D eigenvalue weighted by molar-refractivity contribution is -0.124. The molecule has 1 aliphatic rings. The smallest absolute Gasteiger partial charge is 0.338 e. The zero-order chi connectivity index (χ0) is 19.2. The summed E-state index contributed by atoms with van der Waals surface area (Å²) in [5, 5.41) is 2.79. The Morgan fingerprint density at radius 2 is 1.85 bits per heavy atom. The van der Waals surface area contributed by atoms with Crippen LogP contribution in [0.2, 0.25) is 0 Å². The van der Waals surface area contributed by atoms with E-state index in [0.29, 0.717) is 29.4 Å². The van der Waals surface area contributed by atoms with Gasteiger partial charge in [0.2, 0.25) is 6.79 Å². The normalized spacial score (nSPS) is 13.0. The van der Waals surface area contributed by atoms with E-state index in [4.69, 9.17) is 18.9 Å². The van der Waals surface area contributed by atoms with Crippen molar-refractivity contribution in [2.24, 2.45) is 0 Å². The monoisotopic (exact) mass is 371 g/mol. The Morgan fingerprint density at radius 3 is 2.59 bits per heavy atom. The Labute approximate surface area is 157 Å². The fourth-order valence-electron chi connectivity index (χ4n) is 2.62. The first-order valence-electron chi connectivity index (χ1n) is 8.65. The molecular weight excluding hydrogens is 350 g/mol. The van der Waals surface area contributed by atoms with Crippen LogP contribution in [0.25, 0.3) is 0 Å². The lowest BCUT2D eigenvalue weighted by atomic mass is 10.1. The average molecular weight is 371 g/mol. The van der Waals surface area contributed by atoms with E-state index >= 15 is 0 Å². The predicted octanol–water partition coefficient (Wildman–Crippen LogP) is 2.85. The second-order valence-corrected chi connectivity index (χ2v) is 5.94. The van der Waals surface area contributed by atoms with Crippen molar-refractivity contribution in [1.29, 1.82) is 0 Å². The molecule has 27 heavy (non-hydrogen) atoms. The molecule has 1 amide bonds. The summed E-state index contributed by atoms with van der Waals surface area (Å²) in [6, 6.07) is 11.8. The number of benzene rings is 2. The van der Waals surface area contributed by atoms with Crippen LogP contribution in [0.15, 0.2) is 42.5 Å². The summed E-state index contributed by atoms with van der Waals surface area (Å²) in [6.45, 7) is 4.10. The van der Waals surface area contributed by atoms with Crippen LogP contribution in [0.3, 0.4) is 0 Å². The highest BCUT2D eigenvalue weighted by Gasteiger charge is 2.17. The molecule has 142 valence electrons. The molecule has 0 spiro atoms. The molecule has 7 nitrogen and oxygen atoms in total. The molecule has 0 unspecified atom stereocenters. The fraction of sp³-hybridized carbons (Fsp3) is 0.300. The van der Waals surface area contributed by atoms with Gasteiger partial charge in [0.25, 0.3) is 5.91 Å². The van der Waals surface area contributed by atoms with E-state index in [-0.39, 0.29) is 25.3 Å². The van der Waals surface area contributed by atoms with Crippen molar-refractivity contribution in [3.8, 4) is 17.2 Å². The average Bonchev–Trinajstić information content (AvgIpc) is 3.14. The molecular formula is C20H21NO6. The molecule has 0 saturated heterocycles. The van der Waals surface area contributed by atoms with Gasteiger partial charge in [0, 0.05) is 0 Å².